The molecular weight excluding hydrogens is 242 g/mol. The molecule has 2 atom stereocenters. The van der Waals surface area contributed by atoms with E-state index in [4.69, 9.17) is 11.5 Å². The van der Waals surface area contributed by atoms with Crippen LogP contribution >= 0.6 is 0 Å². The molecule has 110 valence electrons. The molecule has 0 radical (unpaired) electrons. The van der Waals surface area contributed by atoms with E-state index in [-0.39, 0.29) is 17.7 Å². The Morgan fingerprint density at radius 2 is 2.00 bits per heavy atom. The van der Waals surface area contributed by atoms with Gasteiger partial charge in [0.05, 0.1) is 5.41 Å². The Morgan fingerprint density at radius 1 is 1.37 bits per heavy atom. The van der Waals surface area contributed by atoms with Crippen LogP contribution < -0.4 is 11.5 Å². The lowest BCUT2D eigenvalue weighted by Gasteiger charge is -2.23. The highest BCUT2D eigenvalue weighted by atomic mass is 16.2. The molecule has 0 aromatic carbocycles. The van der Waals surface area contributed by atoms with Crippen molar-refractivity contribution in [3.63, 3.8) is 0 Å². The average Bonchev–Trinajstić information content (AvgIpc) is 2.72. The predicted octanol–water partition coefficient (Wildman–Crippen LogP) is 0.721. The van der Waals surface area contributed by atoms with Crippen molar-refractivity contribution < 1.29 is 9.59 Å². The minimum Gasteiger partial charge on any atom is -0.369 e. The molecule has 2 unspecified atom stereocenters. The molecular formula is C14H27N3O2. The Balaban J connectivity index is 2.53. The summed E-state index contributed by atoms with van der Waals surface area (Å²) in [6.45, 7) is 7.69. The smallest absolute Gasteiger partial charge is 0.225 e. The molecule has 19 heavy (non-hydrogen) atoms. The molecule has 1 fully saturated rings. The van der Waals surface area contributed by atoms with Crippen molar-refractivity contribution in [3.8, 4) is 0 Å². The summed E-state index contributed by atoms with van der Waals surface area (Å²) < 4.78 is 0. The van der Waals surface area contributed by atoms with Gasteiger partial charge in [-0.25, -0.2) is 0 Å². The minimum atomic E-state index is -0.564. The van der Waals surface area contributed by atoms with Crippen molar-refractivity contribution in [1.29, 1.82) is 0 Å². The number of likely N-dealkylation sites (tertiary alicyclic amines) is 1. The molecule has 0 aliphatic carbocycles. The molecule has 0 bridgehead atoms. The lowest BCUT2D eigenvalue weighted by molar-refractivity contribution is -0.132. The molecule has 0 aromatic rings. The maximum absolute atomic E-state index is 12.2. The summed E-state index contributed by atoms with van der Waals surface area (Å²) in [7, 11) is 0. The molecule has 1 aliphatic heterocycles. The number of nitrogens with two attached hydrogens (primary N) is 2. The van der Waals surface area contributed by atoms with Crippen LogP contribution in [0.1, 0.15) is 40.0 Å². The summed E-state index contributed by atoms with van der Waals surface area (Å²) in [5, 5.41) is 0. The lowest BCUT2D eigenvalue weighted by atomic mass is 9.89. The zero-order chi connectivity index (χ0) is 14.6. The van der Waals surface area contributed by atoms with Crippen molar-refractivity contribution >= 4 is 11.8 Å². The van der Waals surface area contributed by atoms with E-state index >= 15 is 0 Å². The highest BCUT2D eigenvalue weighted by Crippen LogP contribution is 2.30. The molecule has 5 nitrogen and oxygen atoms in total. The van der Waals surface area contributed by atoms with Crippen LogP contribution in [-0.2, 0) is 9.59 Å². The van der Waals surface area contributed by atoms with Gasteiger partial charge in [-0.3, -0.25) is 9.59 Å². The second-order valence-electron chi connectivity index (χ2n) is 6.43. The van der Waals surface area contributed by atoms with E-state index in [1.165, 1.54) is 0 Å². The van der Waals surface area contributed by atoms with Gasteiger partial charge in [-0.2, -0.15) is 0 Å². The highest BCUT2D eigenvalue weighted by Gasteiger charge is 2.40. The second-order valence-corrected chi connectivity index (χ2v) is 6.43. The quantitative estimate of drug-likeness (QED) is 0.744. The first-order chi connectivity index (χ1) is 8.78. The Hall–Kier alpha value is -1.10. The average molecular weight is 269 g/mol. The van der Waals surface area contributed by atoms with E-state index in [2.05, 4.69) is 13.8 Å². The third-order valence-electron chi connectivity index (χ3n) is 4.02. The van der Waals surface area contributed by atoms with Gasteiger partial charge in [0, 0.05) is 19.5 Å². The normalized spacial score (nSPS) is 24.8. The number of primary amides is 1. The number of carbonyl (C=O) groups excluding carboxylic acids is 2. The number of nitrogens with zero attached hydrogens (tertiary/aromatic N) is 1. The third-order valence-corrected chi connectivity index (χ3v) is 4.02. The molecule has 1 aliphatic rings. The van der Waals surface area contributed by atoms with Gasteiger partial charge >= 0.3 is 0 Å². The van der Waals surface area contributed by atoms with Gasteiger partial charge in [0.2, 0.25) is 11.8 Å². The number of hydrogen-bond donors (Lipinski definition) is 2. The summed E-state index contributed by atoms with van der Waals surface area (Å²) in [6, 6.07) is 0. The number of amides is 2. The topological polar surface area (TPSA) is 89.4 Å². The van der Waals surface area contributed by atoms with E-state index in [0.29, 0.717) is 38.4 Å². The fourth-order valence-electron chi connectivity index (χ4n) is 2.68. The van der Waals surface area contributed by atoms with Gasteiger partial charge in [0.1, 0.15) is 0 Å². The standard InChI is InChI=1S/C14H27N3O2/c1-10(2)6-11(8-15)7-12(18)17-5-4-14(3,9-17)13(16)19/h10-11H,4-9,15H2,1-3H3,(H2,16,19). The number of carbonyl (C=O) groups is 2. The first-order valence-electron chi connectivity index (χ1n) is 7.06. The van der Waals surface area contributed by atoms with Crippen LogP contribution in [0.15, 0.2) is 0 Å². The molecule has 4 N–H and O–H groups in total. The van der Waals surface area contributed by atoms with Crippen LogP contribution in [0.3, 0.4) is 0 Å². The monoisotopic (exact) mass is 269 g/mol. The van der Waals surface area contributed by atoms with Crippen LogP contribution in [-0.4, -0.2) is 36.3 Å². The van der Waals surface area contributed by atoms with Crippen LogP contribution in [0.4, 0.5) is 0 Å². The van der Waals surface area contributed by atoms with E-state index < -0.39 is 5.41 Å². The summed E-state index contributed by atoms with van der Waals surface area (Å²) in [6.07, 6.45) is 2.10. The van der Waals surface area contributed by atoms with Gasteiger partial charge in [-0.05, 0) is 38.1 Å². The fourth-order valence-corrected chi connectivity index (χ4v) is 2.68. The molecule has 5 heteroatoms. The fraction of sp³-hybridized carbons (Fsp3) is 0.857. The van der Waals surface area contributed by atoms with Crippen molar-refractivity contribution in [2.45, 2.75) is 40.0 Å². The van der Waals surface area contributed by atoms with Gasteiger partial charge in [-0.15, -0.1) is 0 Å². The summed E-state index contributed by atoms with van der Waals surface area (Å²) in [4.78, 5) is 25.4. The van der Waals surface area contributed by atoms with Gasteiger partial charge < -0.3 is 16.4 Å². The SMILES string of the molecule is CC(C)CC(CN)CC(=O)N1CCC(C)(C(N)=O)C1. The van der Waals surface area contributed by atoms with Gasteiger partial charge in [-0.1, -0.05) is 13.8 Å². The first-order valence-corrected chi connectivity index (χ1v) is 7.06. The van der Waals surface area contributed by atoms with Gasteiger partial charge in [0.15, 0.2) is 0 Å². The second kappa shape index (κ2) is 6.37. The Labute approximate surface area is 115 Å². The molecule has 1 heterocycles. The zero-order valence-electron chi connectivity index (χ0n) is 12.3. The van der Waals surface area contributed by atoms with E-state index in [1.54, 1.807) is 4.90 Å². The largest absolute Gasteiger partial charge is 0.369 e. The summed E-state index contributed by atoms with van der Waals surface area (Å²) in [5.41, 5.74) is 10.6. The van der Waals surface area contributed by atoms with Crippen LogP contribution in [0, 0.1) is 17.3 Å². The van der Waals surface area contributed by atoms with Gasteiger partial charge in [0.25, 0.3) is 0 Å². The first kappa shape index (κ1) is 16.0. The summed E-state index contributed by atoms with van der Waals surface area (Å²) in [5.74, 6) is 0.546. The van der Waals surface area contributed by atoms with E-state index in [0.717, 1.165) is 6.42 Å². The predicted molar refractivity (Wildman–Crippen MR) is 75.1 cm³/mol. The van der Waals surface area contributed by atoms with Crippen molar-refractivity contribution in [2.75, 3.05) is 19.6 Å². The molecule has 1 saturated heterocycles. The number of hydrogen-bond acceptors (Lipinski definition) is 3. The zero-order valence-corrected chi connectivity index (χ0v) is 12.3. The molecule has 0 saturated carbocycles. The van der Waals surface area contributed by atoms with E-state index in [9.17, 15) is 9.59 Å². The molecule has 2 amide bonds. The number of rotatable bonds is 6. The van der Waals surface area contributed by atoms with Crippen molar-refractivity contribution in [3.05, 3.63) is 0 Å². The van der Waals surface area contributed by atoms with Crippen molar-refractivity contribution in [1.82, 2.24) is 4.90 Å². The summed E-state index contributed by atoms with van der Waals surface area (Å²) >= 11 is 0. The minimum absolute atomic E-state index is 0.0982. The Kier molecular flexibility index (Phi) is 5.35. The molecule has 0 aromatic heterocycles. The van der Waals surface area contributed by atoms with Crippen molar-refractivity contribution in [2.24, 2.45) is 28.7 Å². The third kappa shape index (κ3) is 4.20. The van der Waals surface area contributed by atoms with Crippen LogP contribution in [0.2, 0.25) is 0 Å². The Morgan fingerprint density at radius 3 is 2.42 bits per heavy atom. The maximum atomic E-state index is 12.2. The lowest BCUT2D eigenvalue weighted by Crippen LogP contribution is -2.39. The van der Waals surface area contributed by atoms with Crippen LogP contribution in [0.25, 0.3) is 0 Å². The molecule has 0 spiro atoms. The van der Waals surface area contributed by atoms with E-state index in [1.807, 2.05) is 6.92 Å². The Bertz CT molecular complexity index is 344. The van der Waals surface area contributed by atoms with Crippen LogP contribution in [0.5, 0.6) is 0 Å². The molecule has 1 rings (SSSR count). The maximum Gasteiger partial charge on any atom is 0.225 e. The highest BCUT2D eigenvalue weighted by molar-refractivity contribution is 5.83.